The number of esters is 1. The van der Waals surface area contributed by atoms with Gasteiger partial charge in [0.1, 0.15) is 9.21 Å². The second kappa shape index (κ2) is 3.95. The van der Waals surface area contributed by atoms with Crippen molar-refractivity contribution in [1.29, 1.82) is 0 Å². The van der Waals surface area contributed by atoms with E-state index >= 15 is 0 Å². The topological polar surface area (TPSA) is 52.1 Å². The van der Waals surface area contributed by atoms with Crippen LogP contribution in [-0.2, 0) is 4.74 Å². The second-order valence-corrected chi connectivity index (χ2v) is 3.45. The quantitative estimate of drug-likeness (QED) is 0.585. The van der Waals surface area contributed by atoms with Crippen LogP contribution in [0.5, 0.6) is 0 Å². The molecule has 0 fully saturated rings. The fourth-order valence-corrected chi connectivity index (χ4v) is 1.65. The number of carbonyl (C=O) groups is 1. The molecule has 1 aromatic rings. The summed E-state index contributed by atoms with van der Waals surface area (Å²) in [7, 11) is 1.28. The maximum Gasteiger partial charge on any atom is 0.376 e. The van der Waals surface area contributed by atoms with Crippen molar-refractivity contribution in [3.8, 4) is 0 Å². The molecule has 0 aromatic carbocycles. The summed E-state index contributed by atoms with van der Waals surface area (Å²) < 4.78 is 5.51. The van der Waals surface area contributed by atoms with E-state index in [1.54, 1.807) is 6.07 Å². The van der Waals surface area contributed by atoms with Gasteiger partial charge in [-0.1, -0.05) is 0 Å². The normalized spacial score (nSPS) is 9.58. The van der Waals surface area contributed by atoms with Crippen molar-refractivity contribution in [3.63, 3.8) is 0 Å². The molecule has 12 heavy (non-hydrogen) atoms. The van der Waals surface area contributed by atoms with Crippen LogP contribution >= 0.6 is 31.9 Å². The van der Waals surface area contributed by atoms with Crippen LogP contribution in [-0.4, -0.2) is 23.0 Å². The maximum absolute atomic E-state index is 10.9. The van der Waals surface area contributed by atoms with Crippen molar-refractivity contribution in [3.05, 3.63) is 21.1 Å². The van der Waals surface area contributed by atoms with E-state index in [9.17, 15) is 4.79 Å². The molecule has 1 rings (SSSR count). The average molecular weight is 296 g/mol. The van der Waals surface area contributed by atoms with Crippen LogP contribution in [0.1, 0.15) is 10.6 Å². The maximum atomic E-state index is 10.9. The van der Waals surface area contributed by atoms with Crippen LogP contribution in [0.4, 0.5) is 0 Å². The van der Waals surface area contributed by atoms with E-state index in [4.69, 9.17) is 0 Å². The second-order valence-electron chi connectivity index (χ2n) is 1.83. The standard InChI is InChI=1S/C6H4Br2N2O2/c1-12-6(11)5-9-3(7)2-4(8)10-5/h2H,1H3. The highest BCUT2D eigenvalue weighted by molar-refractivity contribution is 9.11. The molecule has 0 radical (unpaired) electrons. The molecule has 0 saturated carbocycles. The highest BCUT2D eigenvalue weighted by Crippen LogP contribution is 2.13. The van der Waals surface area contributed by atoms with Gasteiger partial charge in [-0.15, -0.1) is 0 Å². The van der Waals surface area contributed by atoms with Crippen molar-refractivity contribution in [2.75, 3.05) is 7.11 Å². The first-order valence-electron chi connectivity index (χ1n) is 2.92. The summed E-state index contributed by atoms with van der Waals surface area (Å²) in [5.74, 6) is -0.532. The van der Waals surface area contributed by atoms with Crippen LogP contribution in [0, 0.1) is 0 Å². The molecule has 0 N–H and O–H groups in total. The summed E-state index contributed by atoms with van der Waals surface area (Å²) >= 11 is 6.24. The molecule has 0 aliphatic heterocycles. The van der Waals surface area contributed by atoms with E-state index in [1.807, 2.05) is 0 Å². The Kier molecular flexibility index (Phi) is 3.16. The molecule has 0 bridgehead atoms. The van der Waals surface area contributed by atoms with Gasteiger partial charge in [-0.3, -0.25) is 0 Å². The number of methoxy groups -OCH3 is 1. The Labute approximate surface area is 85.6 Å². The van der Waals surface area contributed by atoms with Crippen LogP contribution in [0.2, 0.25) is 0 Å². The molecular formula is C6H4Br2N2O2. The minimum atomic E-state index is -0.558. The van der Waals surface area contributed by atoms with E-state index in [0.717, 1.165) is 0 Å². The Bertz CT molecular complexity index is 296. The van der Waals surface area contributed by atoms with Gasteiger partial charge in [0.15, 0.2) is 0 Å². The van der Waals surface area contributed by atoms with Gasteiger partial charge in [0.05, 0.1) is 7.11 Å². The summed E-state index contributed by atoms with van der Waals surface area (Å²) in [5.41, 5.74) is 0. The SMILES string of the molecule is COC(=O)c1nc(Br)cc(Br)n1. The Balaban J connectivity index is 3.08. The van der Waals surface area contributed by atoms with Crippen LogP contribution in [0.15, 0.2) is 15.3 Å². The minimum Gasteiger partial charge on any atom is -0.463 e. The van der Waals surface area contributed by atoms with Crippen LogP contribution in [0.3, 0.4) is 0 Å². The summed E-state index contributed by atoms with van der Waals surface area (Å²) in [6, 6.07) is 1.63. The predicted molar refractivity (Wildman–Crippen MR) is 48.8 cm³/mol. The van der Waals surface area contributed by atoms with Crippen molar-refractivity contribution in [1.82, 2.24) is 9.97 Å². The highest BCUT2D eigenvalue weighted by atomic mass is 79.9. The van der Waals surface area contributed by atoms with Crippen LogP contribution in [0.25, 0.3) is 0 Å². The van der Waals surface area contributed by atoms with E-state index in [0.29, 0.717) is 9.21 Å². The van der Waals surface area contributed by atoms with Crippen LogP contribution < -0.4 is 0 Å². The summed E-state index contributed by atoms with van der Waals surface area (Å²) in [5, 5.41) is 0. The fourth-order valence-electron chi connectivity index (χ4n) is 0.573. The van der Waals surface area contributed by atoms with Crippen molar-refractivity contribution >= 4 is 37.8 Å². The third-order valence-electron chi connectivity index (χ3n) is 1.03. The van der Waals surface area contributed by atoms with Crippen molar-refractivity contribution < 1.29 is 9.53 Å². The zero-order valence-corrected chi connectivity index (χ0v) is 9.22. The first kappa shape index (κ1) is 9.60. The molecule has 64 valence electrons. The summed E-state index contributed by atoms with van der Waals surface area (Å²) in [6.07, 6.45) is 0. The van der Waals surface area contributed by atoms with Gasteiger partial charge in [0.25, 0.3) is 0 Å². The van der Waals surface area contributed by atoms with Gasteiger partial charge in [0.2, 0.25) is 5.82 Å². The Hall–Kier alpha value is -0.490. The summed E-state index contributed by atoms with van der Waals surface area (Å²) in [6.45, 7) is 0. The van der Waals surface area contributed by atoms with Gasteiger partial charge in [-0.25, -0.2) is 14.8 Å². The molecule has 1 aromatic heterocycles. The zero-order chi connectivity index (χ0) is 9.14. The molecule has 0 amide bonds. The van der Waals surface area contributed by atoms with E-state index in [1.165, 1.54) is 7.11 Å². The van der Waals surface area contributed by atoms with Gasteiger partial charge in [-0.2, -0.15) is 0 Å². The lowest BCUT2D eigenvalue weighted by Gasteiger charge is -1.98. The average Bonchev–Trinajstić information content (AvgIpc) is 2.01. The van der Waals surface area contributed by atoms with Gasteiger partial charge >= 0.3 is 5.97 Å². The first-order chi connectivity index (χ1) is 5.63. The molecular weight excluding hydrogens is 292 g/mol. The Morgan fingerprint density at radius 1 is 1.42 bits per heavy atom. The molecule has 0 atom stereocenters. The number of carbonyl (C=O) groups excluding carboxylic acids is 1. The monoisotopic (exact) mass is 294 g/mol. The molecule has 0 spiro atoms. The lowest BCUT2D eigenvalue weighted by atomic mass is 10.5. The molecule has 0 saturated heterocycles. The number of rotatable bonds is 1. The van der Waals surface area contributed by atoms with Crippen molar-refractivity contribution in [2.24, 2.45) is 0 Å². The lowest BCUT2D eigenvalue weighted by molar-refractivity contribution is 0.0586. The summed E-state index contributed by atoms with van der Waals surface area (Å²) in [4.78, 5) is 18.5. The Morgan fingerprint density at radius 3 is 2.33 bits per heavy atom. The number of hydrogen-bond donors (Lipinski definition) is 0. The van der Waals surface area contributed by atoms with Gasteiger partial charge < -0.3 is 4.74 Å². The Morgan fingerprint density at radius 2 is 1.92 bits per heavy atom. The minimum absolute atomic E-state index is 0.0266. The molecule has 6 heteroatoms. The third kappa shape index (κ3) is 2.25. The number of halogens is 2. The predicted octanol–water partition coefficient (Wildman–Crippen LogP) is 1.79. The molecule has 4 nitrogen and oxygen atoms in total. The van der Waals surface area contributed by atoms with E-state index in [-0.39, 0.29) is 5.82 Å². The lowest BCUT2D eigenvalue weighted by Crippen LogP contribution is -2.07. The highest BCUT2D eigenvalue weighted by Gasteiger charge is 2.10. The number of hydrogen-bond acceptors (Lipinski definition) is 4. The number of ether oxygens (including phenoxy) is 1. The molecule has 0 aliphatic carbocycles. The fraction of sp³-hybridized carbons (Fsp3) is 0.167. The van der Waals surface area contributed by atoms with Gasteiger partial charge in [0, 0.05) is 6.07 Å². The molecule has 0 unspecified atom stereocenters. The van der Waals surface area contributed by atoms with E-state index in [2.05, 4.69) is 46.6 Å². The zero-order valence-electron chi connectivity index (χ0n) is 6.04. The van der Waals surface area contributed by atoms with E-state index < -0.39 is 5.97 Å². The molecule has 0 aliphatic rings. The first-order valence-corrected chi connectivity index (χ1v) is 4.50. The molecule has 1 heterocycles. The number of nitrogens with zero attached hydrogens (tertiary/aromatic N) is 2. The third-order valence-corrected chi connectivity index (χ3v) is 1.84. The number of aromatic nitrogens is 2. The van der Waals surface area contributed by atoms with Gasteiger partial charge in [-0.05, 0) is 31.9 Å². The van der Waals surface area contributed by atoms with Crippen molar-refractivity contribution in [2.45, 2.75) is 0 Å². The smallest absolute Gasteiger partial charge is 0.376 e. The largest absolute Gasteiger partial charge is 0.463 e.